The van der Waals surface area contributed by atoms with Gasteiger partial charge in [-0.05, 0) is 52.0 Å². The zero-order chi connectivity index (χ0) is 13.7. The van der Waals surface area contributed by atoms with Gasteiger partial charge in [-0.2, -0.15) is 0 Å². The van der Waals surface area contributed by atoms with Crippen molar-refractivity contribution >= 4 is 63.3 Å². The second kappa shape index (κ2) is 8.87. The van der Waals surface area contributed by atoms with Crippen molar-refractivity contribution in [2.24, 2.45) is 0 Å². The number of hydrogen-bond acceptors (Lipinski definition) is 4. The van der Waals surface area contributed by atoms with Gasteiger partial charge in [0, 0.05) is 0 Å². The van der Waals surface area contributed by atoms with Gasteiger partial charge in [-0.25, -0.2) is 9.59 Å². The first kappa shape index (κ1) is 18.8. The van der Waals surface area contributed by atoms with Crippen LogP contribution >= 0.6 is 0 Å². The second-order valence-corrected chi connectivity index (χ2v) is 4.49. The standard InChI is InChI=1S/C14H18O4.K.H/c1-9(2)17-13(15)11-5-7-12(8-6-11)14(16)18-10(3)4;;/h5-10H,1-4H3;;. The molecule has 0 radical (unpaired) electrons. The summed E-state index contributed by atoms with van der Waals surface area (Å²) < 4.78 is 10.1. The Hall–Kier alpha value is -0.204. The molecule has 0 aliphatic rings. The molecule has 0 saturated heterocycles. The van der Waals surface area contributed by atoms with E-state index in [1.807, 2.05) is 0 Å². The van der Waals surface area contributed by atoms with Crippen LogP contribution in [0.15, 0.2) is 24.3 Å². The third-order valence-electron chi connectivity index (χ3n) is 2.04. The van der Waals surface area contributed by atoms with Crippen molar-refractivity contribution in [1.29, 1.82) is 0 Å². The van der Waals surface area contributed by atoms with Gasteiger partial charge in [0.2, 0.25) is 0 Å². The van der Waals surface area contributed by atoms with E-state index in [-0.39, 0.29) is 63.6 Å². The molecule has 0 aliphatic heterocycles. The summed E-state index contributed by atoms with van der Waals surface area (Å²) in [6.45, 7) is 7.14. The van der Waals surface area contributed by atoms with Crippen LogP contribution in [0.25, 0.3) is 0 Å². The van der Waals surface area contributed by atoms with Crippen molar-refractivity contribution in [3.8, 4) is 0 Å². The summed E-state index contributed by atoms with van der Waals surface area (Å²) in [7, 11) is 0. The summed E-state index contributed by atoms with van der Waals surface area (Å²) in [6.07, 6.45) is -0.328. The Bertz CT molecular complexity index is 383. The van der Waals surface area contributed by atoms with Crippen LogP contribution < -0.4 is 0 Å². The van der Waals surface area contributed by atoms with E-state index in [4.69, 9.17) is 9.47 Å². The van der Waals surface area contributed by atoms with Gasteiger partial charge in [-0.15, -0.1) is 0 Å². The van der Waals surface area contributed by atoms with Crippen LogP contribution in [0.2, 0.25) is 0 Å². The number of carbonyl (C=O) groups excluding carboxylic acids is 2. The van der Waals surface area contributed by atoms with Crippen LogP contribution in [0.3, 0.4) is 0 Å². The average Bonchev–Trinajstić information content (AvgIpc) is 2.27. The molecule has 0 bridgehead atoms. The molecule has 0 heterocycles. The summed E-state index contributed by atoms with van der Waals surface area (Å²) in [5.74, 6) is -0.789. The molecule has 1 aromatic rings. The first-order chi connectivity index (χ1) is 8.40. The van der Waals surface area contributed by atoms with E-state index in [0.717, 1.165) is 0 Å². The summed E-state index contributed by atoms with van der Waals surface area (Å²) in [5.41, 5.74) is 0.842. The maximum absolute atomic E-state index is 11.6. The molecule has 0 unspecified atom stereocenters. The normalized spacial score (nSPS) is 10.0. The first-order valence-electron chi connectivity index (χ1n) is 5.92. The third kappa shape index (κ3) is 6.67. The molecule has 0 atom stereocenters. The van der Waals surface area contributed by atoms with Gasteiger partial charge in [0.05, 0.1) is 23.3 Å². The SMILES string of the molecule is CC(C)OC(=O)c1ccc(C(=O)OC(C)C)cc1.[KH]. The van der Waals surface area contributed by atoms with Crippen molar-refractivity contribution in [2.75, 3.05) is 0 Å². The molecule has 0 N–H and O–H groups in total. The Balaban J connectivity index is 0.00000324. The second-order valence-electron chi connectivity index (χ2n) is 4.49. The molecule has 0 aliphatic carbocycles. The number of benzene rings is 1. The van der Waals surface area contributed by atoms with Crippen LogP contribution in [0, 0.1) is 0 Å². The molecule has 1 aromatic carbocycles. The molecular formula is C14H19KO4. The zero-order valence-electron chi connectivity index (χ0n) is 11.1. The van der Waals surface area contributed by atoms with Crippen molar-refractivity contribution in [3.63, 3.8) is 0 Å². The number of esters is 2. The van der Waals surface area contributed by atoms with Crippen molar-refractivity contribution in [2.45, 2.75) is 39.9 Å². The van der Waals surface area contributed by atoms with Crippen LogP contribution in [-0.4, -0.2) is 75.5 Å². The van der Waals surface area contributed by atoms with Gasteiger partial charge in [0.15, 0.2) is 0 Å². The number of hydrogen-bond donors (Lipinski definition) is 0. The van der Waals surface area contributed by atoms with E-state index < -0.39 is 11.9 Å². The fraction of sp³-hybridized carbons (Fsp3) is 0.429. The Morgan fingerprint density at radius 2 is 1.05 bits per heavy atom. The Morgan fingerprint density at radius 3 is 1.26 bits per heavy atom. The maximum atomic E-state index is 11.6. The van der Waals surface area contributed by atoms with E-state index in [2.05, 4.69) is 0 Å². The first-order valence-corrected chi connectivity index (χ1v) is 5.92. The summed E-state index contributed by atoms with van der Waals surface area (Å²) in [4.78, 5) is 23.2. The molecule has 0 aromatic heterocycles. The molecule has 5 heteroatoms. The summed E-state index contributed by atoms with van der Waals surface area (Å²) in [5, 5.41) is 0. The predicted molar refractivity (Wildman–Crippen MR) is 74.7 cm³/mol. The summed E-state index contributed by atoms with van der Waals surface area (Å²) in [6, 6.07) is 6.23. The topological polar surface area (TPSA) is 52.6 Å². The summed E-state index contributed by atoms with van der Waals surface area (Å²) >= 11 is 0. The fourth-order valence-electron chi connectivity index (χ4n) is 1.31. The number of carbonyl (C=O) groups is 2. The van der Waals surface area contributed by atoms with Crippen LogP contribution in [-0.2, 0) is 9.47 Å². The number of rotatable bonds is 4. The quantitative estimate of drug-likeness (QED) is 0.630. The van der Waals surface area contributed by atoms with Crippen LogP contribution in [0.1, 0.15) is 48.4 Å². The Kier molecular flexibility index (Phi) is 8.77. The van der Waals surface area contributed by atoms with E-state index in [0.29, 0.717) is 11.1 Å². The average molecular weight is 290 g/mol. The molecule has 19 heavy (non-hydrogen) atoms. The molecule has 4 nitrogen and oxygen atoms in total. The van der Waals surface area contributed by atoms with Crippen molar-refractivity contribution < 1.29 is 19.1 Å². The van der Waals surface area contributed by atoms with E-state index in [1.54, 1.807) is 52.0 Å². The van der Waals surface area contributed by atoms with E-state index in [9.17, 15) is 9.59 Å². The minimum atomic E-state index is -0.395. The van der Waals surface area contributed by atoms with Gasteiger partial charge in [-0.3, -0.25) is 0 Å². The Morgan fingerprint density at radius 1 is 0.789 bits per heavy atom. The van der Waals surface area contributed by atoms with Gasteiger partial charge in [0.25, 0.3) is 0 Å². The van der Waals surface area contributed by atoms with Crippen LogP contribution in [0.4, 0.5) is 0 Å². The van der Waals surface area contributed by atoms with Gasteiger partial charge in [-0.1, -0.05) is 0 Å². The molecule has 0 fully saturated rings. The molecule has 100 valence electrons. The predicted octanol–water partition coefficient (Wildman–Crippen LogP) is 2.17. The minimum absolute atomic E-state index is 0. The molecule has 0 amide bonds. The molecule has 1 rings (SSSR count). The van der Waals surface area contributed by atoms with Gasteiger partial charge >= 0.3 is 63.3 Å². The van der Waals surface area contributed by atoms with Gasteiger partial charge < -0.3 is 9.47 Å². The molecule has 0 spiro atoms. The fourth-order valence-corrected chi connectivity index (χ4v) is 1.31. The third-order valence-corrected chi connectivity index (χ3v) is 2.04. The van der Waals surface area contributed by atoms with Gasteiger partial charge in [0.1, 0.15) is 0 Å². The Labute approximate surface area is 156 Å². The van der Waals surface area contributed by atoms with Crippen molar-refractivity contribution in [1.82, 2.24) is 0 Å². The van der Waals surface area contributed by atoms with Crippen LogP contribution in [0.5, 0.6) is 0 Å². The van der Waals surface area contributed by atoms with E-state index >= 15 is 0 Å². The molecule has 0 saturated carbocycles. The van der Waals surface area contributed by atoms with E-state index in [1.165, 1.54) is 0 Å². The zero-order valence-corrected chi connectivity index (χ0v) is 11.1. The monoisotopic (exact) mass is 290 g/mol. The molecular weight excluding hydrogens is 271 g/mol. The van der Waals surface area contributed by atoms with Crippen molar-refractivity contribution in [3.05, 3.63) is 35.4 Å². The number of ether oxygens (including phenoxy) is 2.